The second-order valence-corrected chi connectivity index (χ2v) is 7.97. The fourth-order valence-corrected chi connectivity index (χ4v) is 3.35. The number of rotatable bonds is 8. The summed E-state index contributed by atoms with van der Waals surface area (Å²) in [7, 11) is 5.67. The van der Waals surface area contributed by atoms with Crippen LogP contribution in [0.5, 0.6) is 0 Å². The molecule has 1 fully saturated rings. The highest BCUT2D eigenvalue weighted by atomic mass is 16.5. The Kier molecular flexibility index (Phi) is 8.03. The molecule has 2 aromatic carbocycles. The molecule has 7 nitrogen and oxygen atoms in total. The van der Waals surface area contributed by atoms with Crippen molar-refractivity contribution in [3.8, 4) is 0 Å². The molecule has 1 aliphatic heterocycles. The molecular formula is C24H31N3O4. The Morgan fingerprint density at radius 2 is 1.55 bits per heavy atom. The van der Waals surface area contributed by atoms with Crippen LogP contribution in [-0.4, -0.2) is 75.7 Å². The van der Waals surface area contributed by atoms with E-state index in [0.717, 1.165) is 49.7 Å². The molecule has 3 rings (SSSR count). The van der Waals surface area contributed by atoms with Gasteiger partial charge < -0.3 is 19.3 Å². The van der Waals surface area contributed by atoms with Crippen molar-refractivity contribution in [1.82, 2.24) is 9.80 Å². The van der Waals surface area contributed by atoms with E-state index in [9.17, 15) is 9.59 Å². The minimum Gasteiger partial charge on any atom is -0.452 e. The SMILES string of the molecule is CN(Cc1ccc(N(C)C)cc1)C(=O)COC(=O)c1ccc(CN2CCOCC2)cc1. The average Bonchev–Trinajstić information content (AvgIpc) is 2.78. The number of nitrogens with zero attached hydrogens (tertiary/aromatic N) is 3. The van der Waals surface area contributed by atoms with Crippen molar-refractivity contribution < 1.29 is 19.1 Å². The number of ether oxygens (including phenoxy) is 2. The Morgan fingerprint density at radius 1 is 0.935 bits per heavy atom. The van der Waals surface area contributed by atoms with Gasteiger partial charge in [-0.05, 0) is 35.4 Å². The van der Waals surface area contributed by atoms with E-state index >= 15 is 0 Å². The first-order valence-corrected chi connectivity index (χ1v) is 10.5. The first-order chi connectivity index (χ1) is 14.9. The molecule has 0 aromatic heterocycles. The molecule has 2 aromatic rings. The summed E-state index contributed by atoms with van der Waals surface area (Å²) in [5.74, 6) is -0.732. The van der Waals surface area contributed by atoms with E-state index < -0.39 is 5.97 Å². The van der Waals surface area contributed by atoms with Crippen LogP contribution in [-0.2, 0) is 27.4 Å². The Balaban J connectivity index is 1.45. The van der Waals surface area contributed by atoms with E-state index in [0.29, 0.717) is 12.1 Å². The van der Waals surface area contributed by atoms with Crippen LogP contribution in [0.15, 0.2) is 48.5 Å². The van der Waals surface area contributed by atoms with Gasteiger partial charge in [0, 0.05) is 53.0 Å². The summed E-state index contributed by atoms with van der Waals surface area (Å²) in [5.41, 5.74) is 3.70. The normalized spacial score (nSPS) is 14.2. The number of morpholine rings is 1. The van der Waals surface area contributed by atoms with Gasteiger partial charge in [-0.3, -0.25) is 9.69 Å². The average molecular weight is 426 g/mol. The van der Waals surface area contributed by atoms with E-state index in [4.69, 9.17) is 9.47 Å². The van der Waals surface area contributed by atoms with Gasteiger partial charge in [-0.2, -0.15) is 0 Å². The number of carbonyl (C=O) groups is 2. The molecule has 0 radical (unpaired) electrons. The van der Waals surface area contributed by atoms with Crippen LogP contribution in [0.2, 0.25) is 0 Å². The standard InChI is InChI=1S/C24H31N3O4/c1-25(2)22-10-6-19(7-11-22)16-26(3)23(28)18-31-24(29)21-8-4-20(5-9-21)17-27-12-14-30-15-13-27/h4-11H,12-18H2,1-3H3. The number of carbonyl (C=O) groups excluding carboxylic acids is 2. The van der Waals surface area contributed by atoms with Crippen molar-refractivity contribution in [1.29, 1.82) is 0 Å². The Labute approximate surface area is 184 Å². The molecule has 1 heterocycles. The van der Waals surface area contributed by atoms with Crippen molar-refractivity contribution in [2.45, 2.75) is 13.1 Å². The molecule has 166 valence electrons. The van der Waals surface area contributed by atoms with Crippen LogP contribution in [0.1, 0.15) is 21.5 Å². The van der Waals surface area contributed by atoms with Crippen LogP contribution in [0.25, 0.3) is 0 Å². The Morgan fingerprint density at radius 3 is 2.16 bits per heavy atom. The van der Waals surface area contributed by atoms with Crippen LogP contribution < -0.4 is 4.90 Å². The predicted molar refractivity (Wildman–Crippen MR) is 120 cm³/mol. The maximum absolute atomic E-state index is 12.4. The highest BCUT2D eigenvalue weighted by Crippen LogP contribution is 2.14. The Hall–Kier alpha value is -2.90. The van der Waals surface area contributed by atoms with Crippen molar-refractivity contribution in [2.24, 2.45) is 0 Å². The van der Waals surface area contributed by atoms with Crippen molar-refractivity contribution in [3.63, 3.8) is 0 Å². The molecule has 0 saturated carbocycles. The number of amides is 1. The molecule has 1 amide bonds. The van der Waals surface area contributed by atoms with Gasteiger partial charge in [0.05, 0.1) is 18.8 Å². The van der Waals surface area contributed by atoms with Crippen LogP contribution in [0.4, 0.5) is 5.69 Å². The molecule has 7 heteroatoms. The summed E-state index contributed by atoms with van der Waals surface area (Å²) in [6, 6.07) is 15.4. The zero-order valence-corrected chi connectivity index (χ0v) is 18.5. The zero-order chi connectivity index (χ0) is 22.2. The third-order valence-corrected chi connectivity index (χ3v) is 5.32. The predicted octanol–water partition coefficient (Wildman–Crippen LogP) is 2.40. The first kappa shape index (κ1) is 22.8. The summed E-state index contributed by atoms with van der Waals surface area (Å²) in [5, 5.41) is 0. The fourth-order valence-electron chi connectivity index (χ4n) is 3.35. The summed E-state index contributed by atoms with van der Waals surface area (Å²) >= 11 is 0. The second-order valence-electron chi connectivity index (χ2n) is 7.97. The van der Waals surface area contributed by atoms with Gasteiger partial charge in [-0.1, -0.05) is 24.3 Å². The smallest absolute Gasteiger partial charge is 0.338 e. The third kappa shape index (κ3) is 6.80. The van der Waals surface area contributed by atoms with Gasteiger partial charge in [0.15, 0.2) is 6.61 Å². The van der Waals surface area contributed by atoms with Gasteiger partial charge >= 0.3 is 5.97 Å². The molecule has 0 spiro atoms. The van der Waals surface area contributed by atoms with Gasteiger partial charge in [0.2, 0.25) is 0 Å². The van der Waals surface area contributed by atoms with Gasteiger partial charge in [-0.15, -0.1) is 0 Å². The molecule has 0 N–H and O–H groups in total. The molecule has 0 atom stereocenters. The lowest BCUT2D eigenvalue weighted by Crippen LogP contribution is -2.35. The summed E-state index contributed by atoms with van der Waals surface area (Å²) in [4.78, 5) is 30.6. The number of likely N-dealkylation sites (N-methyl/N-ethyl adjacent to an activating group) is 1. The van der Waals surface area contributed by atoms with Crippen LogP contribution in [0, 0.1) is 0 Å². The number of benzene rings is 2. The molecular weight excluding hydrogens is 394 g/mol. The topological polar surface area (TPSA) is 62.3 Å². The van der Waals surface area contributed by atoms with E-state index in [2.05, 4.69) is 4.90 Å². The Bertz CT molecular complexity index is 859. The molecule has 1 aliphatic rings. The van der Waals surface area contributed by atoms with E-state index in [1.807, 2.05) is 55.4 Å². The number of hydrogen-bond acceptors (Lipinski definition) is 6. The number of esters is 1. The summed E-state index contributed by atoms with van der Waals surface area (Å²) in [6.45, 7) is 4.36. The highest BCUT2D eigenvalue weighted by molar-refractivity contribution is 5.91. The molecule has 0 bridgehead atoms. The van der Waals surface area contributed by atoms with Crippen molar-refractivity contribution in [3.05, 3.63) is 65.2 Å². The number of anilines is 1. The lowest BCUT2D eigenvalue weighted by atomic mass is 10.1. The van der Waals surface area contributed by atoms with Crippen molar-refractivity contribution in [2.75, 3.05) is 59.0 Å². The first-order valence-electron chi connectivity index (χ1n) is 10.5. The van der Waals surface area contributed by atoms with Crippen LogP contribution >= 0.6 is 0 Å². The molecule has 1 saturated heterocycles. The van der Waals surface area contributed by atoms with Gasteiger partial charge in [0.25, 0.3) is 5.91 Å². The zero-order valence-electron chi connectivity index (χ0n) is 18.5. The second kappa shape index (κ2) is 10.9. The maximum atomic E-state index is 12.4. The molecule has 0 unspecified atom stereocenters. The van der Waals surface area contributed by atoms with Crippen LogP contribution in [0.3, 0.4) is 0 Å². The van der Waals surface area contributed by atoms with E-state index in [-0.39, 0.29) is 12.5 Å². The number of hydrogen-bond donors (Lipinski definition) is 0. The van der Waals surface area contributed by atoms with Gasteiger partial charge in [0.1, 0.15) is 0 Å². The summed E-state index contributed by atoms with van der Waals surface area (Å²) in [6.07, 6.45) is 0. The minimum absolute atomic E-state index is 0.242. The quantitative estimate of drug-likeness (QED) is 0.606. The molecule has 31 heavy (non-hydrogen) atoms. The van der Waals surface area contributed by atoms with Gasteiger partial charge in [-0.25, -0.2) is 4.79 Å². The molecule has 0 aliphatic carbocycles. The monoisotopic (exact) mass is 425 g/mol. The third-order valence-electron chi connectivity index (χ3n) is 5.32. The highest BCUT2D eigenvalue weighted by Gasteiger charge is 2.15. The summed E-state index contributed by atoms with van der Waals surface area (Å²) < 4.78 is 10.6. The fraction of sp³-hybridized carbons (Fsp3) is 0.417. The maximum Gasteiger partial charge on any atom is 0.338 e. The largest absolute Gasteiger partial charge is 0.452 e. The van der Waals surface area contributed by atoms with E-state index in [1.165, 1.54) is 0 Å². The lowest BCUT2D eigenvalue weighted by molar-refractivity contribution is -0.133. The minimum atomic E-state index is -0.491. The van der Waals surface area contributed by atoms with E-state index in [1.54, 1.807) is 24.1 Å². The lowest BCUT2D eigenvalue weighted by Gasteiger charge is -2.26. The van der Waals surface area contributed by atoms with Crippen molar-refractivity contribution >= 4 is 17.6 Å².